The Morgan fingerprint density at radius 3 is 1.67 bits per heavy atom. The first-order valence-corrected chi connectivity index (χ1v) is 21.2. The summed E-state index contributed by atoms with van der Waals surface area (Å²) in [5, 5.41) is 9.83. The highest BCUT2D eigenvalue weighted by molar-refractivity contribution is 6.29. The predicted octanol–water partition coefficient (Wildman–Crippen LogP) is 15.7. The van der Waals surface area contributed by atoms with Gasteiger partial charge in [0.05, 0.1) is 11.4 Å². The van der Waals surface area contributed by atoms with Crippen molar-refractivity contribution in [1.82, 2.24) is 9.97 Å². The molecule has 0 saturated heterocycles. The zero-order valence-corrected chi connectivity index (χ0v) is 34.0. The van der Waals surface area contributed by atoms with Crippen LogP contribution >= 0.6 is 0 Å². The van der Waals surface area contributed by atoms with Crippen molar-refractivity contribution in [3.63, 3.8) is 0 Å². The van der Waals surface area contributed by atoms with E-state index in [1.807, 2.05) is 6.07 Å². The molecule has 1 aromatic heterocycles. The summed E-state index contributed by atoms with van der Waals surface area (Å²) in [7, 11) is 0. The van der Waals surface area contributed by atoms with Gasteiger partial charge in [-0.15, -0.1) is 0 Å². The van der Waals surface area contributed by atoms with Crippen LogP contribution in [0.2, 0.25) is 0 Å². The van der Waals surface area contributed by atoms with Crippen LogP contribution in [0.3, 0.4) is 0 Å². The molecule has 2 nitrogen and oxygen atoms in total. The van der Waals surface area contributed by atoms with Gasteiger partial charge in [0, 0.05) is 22.1 Å². The molecule has 2 heteroatoms. The third kappa shape index (κ3) is 5.49. The molecule has 0 fully saturated rings. The highest BCUT2D eigenvalue weighted by atomic mass is 14.9. The van der Waals surface area contributed by atoms with Gasteiger partial charge in [-0.2, -0.15) is 0 Å². The van der Waals surface area contributed by atoms with Gasteiger partial charge < -0.3 is 0 Å². The SMILES string of the molecule is CC1(C)c2ccccc2-c2cc(-c3cc(-c4ccc(-c5c6ccccc6c(-c6ccccc6)c6c5ccc5ccccc56)c5ccccc45)nc(-c4ccccc4)n3)ccc21. The molecule has 1 heterocycles. The Bertz CT molecular complexity index is 3550. The molecule has 0 atom stereocenters. The topological polar surface area (TPSA) is 25.8 Å². The summed E-state index contributed by atoms with van der Waals surface area (Å²) >= 11 is 0. The van der Waals surface area contributed by atoms with Gasteiger partial charge in [-0.1, -0.05) is 208 Å². The van der Waals surface area contributed by atoms with Gasteiger partial charge in [-0.25, -0.2) is 9.97 Å². The van der Waals surface area contributed by atoms with Gasteiger partial charge in [-0.05, 0) is 99.7 Å². The van der Waals surface area contributed by atoms with E-state index in [0.29, 0.717) is 5.82 Å². The molecule has 1 aliphatic rings. The maximum absolute atomic E-state index is 5.35. The Morgan fingerprint density at radius 1 is 0.328 bits per heavy atom. The number of rotatable bonds is 5. The monoisotopic (exact) mass is 776 g/mol. The lowest BCUT2D eigenvalue weighted by Gasteiger charge is -2.21. The Balaban J connectivity index is 1.11. The standard InChI is InChI=1S/C59H40N2/c1-59(2)51-28-16-15-25-44(51)50-35-40(30-34-52(50)59)53-36-54(61-58(60-53)39-20-7-4-8-21-39)45-32-33-48(43-24-12-11-23-42(43)45)56-47-27-14-13-26-46(47)55(38-18-5-3-6-19-38)57-41-22-10-9-17-37(41)29-31-49(56)57/h3-36H,1-2H3. The minimum atomic E-state index is -0.0667. The van der Waals surface area contributed by atoms with Crippen LogP contribution in [0.15, 0.2) is 206 Å². The van der Waals surface area contributed by atoms with Crippen LogP contribution in [0.25, 0.3) is 110 Å². The predicted molar refractivity (Wildman–Crippen MR) is 257 cm³/mol. The number of hydrogen-bond donors (Lipinski definition) is 0. The van der Waals surface area contributed by atoms with Crippen LogP contribution in [0.1, 0.15) is 25.0 Å². The summed E-state index contributed by atoms with van der Waals surface area (Å²) in [5.74, 6) is 0.711. The Labute approximate surface area is 355 Å². The van der Waals surface area contributed by atoms with Crippen molar-refractivity contribution in [2.45, 2.75) is 19.3 Å². The minimum absolute atomic E-state index is 0.0667. The fraction of sp³-hybridized carbons (Fsp3) is 0.0508. The molecule has 11 aromatic rings. The third-order valence-corrected chi connectivity index (χ3v) is 13.1. The molecule has 0 bridgehead atoms. The van der Waals surface area contributed by atoms with Crippen LogP contribution in [-0.2, 0) is 5.41 Å². The Hall–Kier alpha value is -7.68. The summed E-state index contributed by atoms with van der Waals surface area (Å²) < 4.78 is 0. The lowest BCUT2D eigenvalue weighted by molar-refractivity contribution is 0.660. The van der Waals surface area contributed by atoms with Crippen molar-refractivity contribution in [2.75, 3.05) is 0 Å². The summed E-state index contributed by atoms with van der Waals surface area (Å²) in [6.45, 7) is 4.65. The smallest absolute Gasteiger partial charge is 0.160 e. The van der Waals surface area contributed by atoms with Crippen molar-refractivity contribution in [3.8, 4) is 67.3 Å². The summed E-state index contributed by atoms with van der Waals surface area (Å²) in [6.07, 6.45) is 0. The Kier molecular flexibility index (Phi) is 7.92. The molecule has 0 unspecified atom stereocenters. The fourth-order valence-corrected chi connectivity index (χ4v) is 10.2. The van der Waals surface area contributed by atoms with E-state index >= 15 is 0 Å². The van der Waals surface area contributed by atoms with Gasteiger partial charge in [0.1, 0.15) is 0 Å². The Morgan fingerprint density at radius 2 is 0.902 bits per heavy atom. The van der Waals surface area contributed by atoms with Crippen LogP contribution in [0.4, 0.5) is 0 Å². The van der Waals surface area contributed by atoms with Crippen molar-refractivity contribution in [3.05, 3.63) is 217 Å². The van der Waals surface area contributed by atoms with E-state index in [1.54, 1.807) is 0 Å². The van der Waals surface area contributed by atoms with E-state index in [2.05, 4.69) is 214 Å². The summed E-state index contributed by atoms with van der Waals surface area (Å²) in [6, 6.07) is 75.0. The van der Waals surface area contributed by atoms with E-state index in [-0.39, 0.29) is 5.41 Å². The molecule has 0 aliphatic heterocycles. The van der Waals surface area contributed by atoms with Crippen LogP contribution < -0.4 is 0 Å². The summed E-state index contributed by atoms with van der Waals surface area (Å²) in [5.41, 5.74) is 15.1. The molecule has 0 amide bonds. The number of aromatic nitrogens is 2. The van der Waals surface area contributed by atoms with Gasteiger partial charge in [0.15, 0.2) is 5.82 Å². The minimum Gasteiger partial charge on any atom is -0.228 e. The zero-order valence-electron chi connectivity index (χ0n) is 34.0. The molecular weight excluding hydrogens is 737 g/mol. The van der Waals surface area contributed by atoms with Gasteiger partial charge in [0.25, 0.3) is 0 Å². The molecule has 0 saturated carbocycles. The highest BCUT2D eigenvalue weighted by Gasteiger charge is 2.35. The highest BCUT2D eigenvalue weighted by Crippen LogP contribution is 2.51. The third-order valence-electron chi connectivity index (χ3n) is 13.1. The van der Waals surface area contributed by atoms with Gasteiger partial charge >= 0.3 is 0 Å². The van der Waals surface area contributed by atoms with Crippen molar-refractivity contribution < 1.29 is 0 Å². The van der Waals surface area contributed by atoms with E-state index in [4.69, 9.17) is 9.97 Å². The van der Waals surface area contributed by atoms with Crippen LogP contribution in [0.5, 0.6) is 0 Å². The van der Waals surface area contributed by atoms with E-state index in [0.717, 1.165) is 33.5 Å². The van der Waals surface area contributed by atoms with E-state index in [9.17, 15) is 0 Å². The molecular formula is C59H40N2. The van der Waals surface area contributed by atoms with Gasteiger partial charge in [0.2, 0.25) is 0 Å². The van der Waals surface area contributed by atoms with E-state index < -0.39 is 0 Å². The quantitative estimate of drug-likeness (QED) is 0.128. The number of hydrogen-bond acceptors (Lipinski definition) is 2. The summed E-state index contributed by atoms with van der Waals surface area (Å²) in [4.78, 5) is 10.6. The first-order valence-electron chi connectivity index (χ1n) is 21.2. The molecule has 12 rings (SSSR count). The van der Waals surface area contributed by atoms with E-state index in [1.165, 1.54) is 82.2 Å². The van der Waals surface area contributed by atoms with Crippen molar-refractivity contribution in [2.24, 2.45) is 0 Å². The van der Waals surface area contributed by atoms with Crippen LogP contribution in [-0.4, -0.2) is 9.97 Å². The molecule has 286 valence electrons. The molecule has 10 aromatic carbocycles. The lowest BCUT2D eigenvalue weighted by Crippen LogP contribution is -2.14. The zero-order chi connectivity index (χ0) is 40.7. The molecule has 61 heavy (non-hydrogen) atoms. The lowest BCUT2D eigenvalue weighted by atomic mass is 9.82. The molecule has 0 spiro atoms. The van der Waals surface area contributed by atoms with Crippen molar-refractivity contribution >= 4 is 43.1 Å². The van der Waals surface area contributed by atoms with Crippen molar-refractivity contribution in [1.29, 1.82) is 0 Å². The second-order valence-electron chi connectivity index (χ2n) is 16.8. The number of benzene rings is 10. The fourth-order valence-electron chi connectivity index (χ4n) is 10.2. The molecule has 1 aliphatic carbocycles. The number of nitrogens with zero attached hydrogens (tertiary/aromatic N) is 2. The first kappa shape index (κ1) is 35.3. The van der Waals surface area contributed by atoms with Crippen LogP contribution in [0, 0.1) is 0 Å². The largest absolute Gasteiger partial charge is 0.228 e. The average Bonchev–Trinajstić information content (AvgIpc) is 3.56. The second-order valence-corrected chi connectivity index (χ2v) is 16.8. The average molecular weight is 777 g/mol. The maximum atomic E-state index is 5.35. The maximum Gasteiger partial charge on any atom is 0.160 e. The number of fused-ring (bicyclic) bond motifs is 8. The first-order chi connectivity index (χ1) is 30.0. The second kappa shape index (κ2) is 13.7. The molecule has 0 N–H and O–H groups in total. The van der Waals surface area contributed by atoms with Gasteiger partial charge in [-0.3, -0.25) is 0 Å². The normalized spacial score (nSPS) is 12.9. The molecule has 0 radical (unpaired) electrons.